The summed E-state index contributed by atoms with van der Waals surface area (Å²) in [6, 6.07) is 6.62. The molecule has 7 nitrogen and oxygen atoms in total. The fourth-order valence-corrected chi connectivity index (χ4v) is 4.09. The lowest BCUT2D eigenvalue weighted by atomic mass is 9.88. The summed E-state index contributed by atoms with van der Waals surface area (Å²) in [5, 5.41) is 13.7. The summed E-state index contributed by atoms with van der Waals surface area (Å²) in [5.74, 6) is 0.217. The predicted octanol–water partition coefficient (Wildman–Crippen LogP) is 2.11. The molecular formula is C21H30N2O5. The van der Waals surface area contributed by atoms with Crippen molar-refractivity contribution in [3.63, 3.8) is 0 Å². The lowest BCUT2D eigenvalue weighted by Gasteiger charge is -2.40. The van der Waals surface area contributed by atoms with E-state index in [2.05, 4.69) is 5.32 Å². The smallest absolute Gasteiger partial charge is 0.250 e. The molecule has 1 aromatic carbocycles. The molecule has 3 rings (SSSR count). The maximum Gasteiger partial charge on any atom is 0.250 e. The van der Waals surface area contributed by atoms with Crippen molar-refractivity contribution in [2.45, 2.75) is 44.2 Å². The molecule has 0 bridgehead atoms. The van der Waals surface area contributed by atoms with Crippen LogP contribution in [0.25, 0.3) is 0 Å². The number of aliphatic hydroxyl groups is 1. The minimum Gasteiger partial charge on any atom is -0.386 e. The highest BCUT2D eigenvalue weighted by molar-refractivity contribution is 5.91. The molecule has 154 valence electrons. The maximum atomic E-state index is 12.5. The summed E-state index contributed by atoms with van der Waals surface area (Å²) in [5.41, 5.74) is 1.33. The van der Waals surface area contributed by atoms with Crippen LogP contribution in [0.1, 0.15) is 43.8 Å². The molecule has 1 aliphatic carbocycles. The Morgan fingerprint density at radius 3 is 2.68 bits per heavy atom. The zero-order valence-corrected chi connectivity index (χ0v) is 16.4. The zero-order valence-electron chi connectivity index (χ0n) is 16.4. The quantitative estimate of drug-likeness (QED) is 0.745. The topological polar surface area (TPSA) is 88.1 Å². The number of nitrogens with zero attached hydrogens (tertiary/aromatic N) is 1. The van der Waals surface area contributed by atoms with Crippen LogP contribution >= 0.6 is 0 Å². The Balaban J connectivity index is 1.66. The van der Waals surface area contributed by atoms with Crippen molar-refractivity contribution >= 4 is 17.5 Å². The maximum absolute atomic E-state index is 12.5. The van der Waals surface area contributed by atoms with Crippen LogP contribution in [0.15, 0.2) is 24.3 Å². The molecule has 1 saturated heterocycles. The summed E-state index contributed by atoms with van der Waals surface area (Å²) >= 11 is 0. The molecule has 1 heterocycles. The largest absolute Gasteiger partial charge is 0.386 e. The first-order chi connectivity index (χ1) is 13.6. The molecule has 2 atom stereocenters. The van der Waals surface area contributed by atoms with E-state index in [1.165, 1.54) is 26.4 Å². The van der Waals surface area contributed by atoms with E-state index < -0.39 is 12.1 Å². The van der Waals surface area contributed by atoms with E-state index in [1.54, 1.807) is 24.3 Å². The Kier molecular flexibility index (Phi) is 7.42. The summed E-state index contributed by atoms with van der Waals surface area (Å²) in [4.78, 5) is 25.9. The van der Waals surface area contributed by atoms with Gasteiger partial charge in [0.05, 0.1) is 12.6 Å². The number of benzene rings is 1. The molecule has 2 unspecified atom stereocenters. The van der Waals surface area contributed by atoms with Gasteiger partial charge >= 0.3 is 0 Å². The molecule has 2 aliphatic rings. The fraction of sp³-hybridized carbons (Fsp3) is 0.619. The van der Waals surface area contributed by atoms with Gasteiger partial charge in [-0.15, -0.1) is 0 Å². The van der Waals surface area contributed by atoms with Crippen molar-refractivity contribution in [2.75, 3.05) is 38.8 Å². The lowest BCUT2D eigenvalue weighted by Crippen LogP contribution is -2.53. The van der Waals surface area contributed by atoms with Crippen LogP contribution < -0.4 is 5.32 Å². The summed E-state index contributed by atoms with van der Waals surface area (Å²) < 4.78 is 10.2. The van der Waals surface area contributed by atoms with Gasteiger partial charge in [0, 0.05) is 19.3 Å². The van der Waals surface area contributed by atoms with Crippen molar-refractivity contribution in [2.24, 2.45) is 5.92 Å². The van der Waals surface area contributed by atoms with Crippen LogP contribution in [0, 0.1) is 5.92 Å². The molecule has 2 fully saturated rings. The second-order valence-electron chi connectivity index (χ2n) is 7.68. The minimum absolute atomic E-state index is 0.0119. The van der Waals surface area contributed by atoms with E-state index in [0.29, 0.717) is 30.3 Å². The number of hydrogen-bond acceptors (Lipinski definition) is 5. The number of carbonyl (C=O) groups is 2. The van der Waals surface area contributed by atoms with Gasteiger partial charge in [-0.1, -0.05) is 31.4 Å². The monoisotopic (exact) mass is 390 g/mol. The van der Waals surface area contributed by atoms with Crippen LogP contribution in [0.5, 0.6) is 0 Å². The minimum atomic E-state index is -0.837. The highest BCUT2D eigenvalue weighted by Crippen LogP contribution is 2.30. The summed E-state index contributed by atoms with van der Waals surface area (Å²) in [6.07, 6.45) is 5.15. The molecule has 7 heteroatoms. The number of morpholine rings is 1. The third-order valence-electron chi connectivity index (χ3n) is 5.59. The fourth-order valence-electron chi connectivity index (χ4n) is 4.09. The van der Waals surface area contributed by atoms with Crippen LogP contribution in [0.4, 0.5) is 5.69 Å². The number of amides is 2. The van der Waals surface area contributed by atoms with E-state index in [0.717, 1.165) is 12.8 Å². The third-order valence-corrected chi connectivity index (χ3v) is 5.59. The van der Waals surface area contributed by atoms with Gasteiger partial charge in [-0.25, -0.2) is 0 Å². The SMILES string of the molecule is COCC(=O)Nc1ccc(C(O)C2COCC(=O)N2CC2CCCCC2)cc1. The number of carbonyl (C=O) groups excluding carboxylic acids is 2. The van der Waals surface area contributed by atoms with Gasteiger partial charge in [-0.3, -0.25) is 9.59 Å². The average molecular weight is 390 g/mol. The highest BCUT2D eigenvalue weighted by atomic mass is 16.5. The number of anilines is 1. The number of ether oxygens (including phenoxy) is 2. The number of aliphatic hydroxyl groups excluding tert-OH is 1. The standard InChI is InChI=1S/C21H30N2O5/c1-27-13-19(24)22-17-9-7-16(8-10-17)21(26)18-12-28-14-20(25)23(18)11-15-5-3-2-4-6-15/h7-10,15,18,21,26H,2-6,11-14H2,1H3,(H,22,24). The van der Waals surface area contributed by atoms with E-state index in [-0.39, 0.29) is 25.0 Å². The summed E-state index contributed by atoms with van der Waals surface area (Å²) in [6.45, 7) is 1.09. The van der Waals surface area contributed by atoms with Gasteiger partial charge in [-0.2, -0.15) is 0 Å². The molecule has 1 aromatic rings. The summed E-state index contributed by atoms with van der Waals surface area (Å²) in [7, 11) is 1.46. The van der Waals surface area contributed by atoms with E-state index >= 15 is 0 Å². The Bertz CT molecular complexity index is 657. The molecular weight excluding hydrogens is 360 g/mol. The van der Waals surface area contributed by atoms with Crippen LogP contribution in [-0.2, 0) is 19.1 Å². The van der Waals surface area contributed by atoms with E-state index in [9.17, 15) is 14.7 Å². The first-order valence-electron chi connectivity index (χ1n) is 10.0. The number of hydrogen-bond donors (Lipinski definition) is 2. The van der Waals surface area contributed by atoms with Gasteiger partial charge in [0.25, 0.3) is 0 Å². The first kappa shape index (κ1) is 20.8. The van der Waals surface area contributed by atoms with Crippen molar-refractivity contribution in [3.8, 4) is 0 Å². The van der Waals surface area contributed by atoms with Crippen LogP contribution in [-0.4, -0.2) is 61.3 Å². The zero-order chi connectivity index (χ0) is 19.9. The third kappa shape index (κ3) is 5.31. The Morgan fingerprint density at radius 2 is 2.00 bits per heavy atom. The first-order valence-corrected chi connectivity index (χ1v) is 10.0. The highest BCUT2D eigenvalue weighted by Gasteiger charge is 2.36. The molecule has 28 heavy (non-hydrogen) atoms. The molecule has 2 amide bonds. The van der Waals surface area contributed by atoms with Crippen LogP contribution in [0.2, 0.25) is 0 Å². The van der Waals surface area contributed by atoms with Gasteiger partial charge in [0.15, 0.2) is 0 Å². The molecule has 0 aromatic heterocycles. The van der Waals surface area contributed by atoms with Gasteiger partial charge < -0.3 is 24.8 Å². The van der Waals surface area contributed by atoms with Crippen molar-refractivity contribution in [1.29, 1.82) is 0 Å². The molecule has 0 radical (unpaired) electrons. The second-order valence-corrected chi connectivity index (χ2v) is 7.68. The van der Waals surface area contributed by atoms with E-state index in [4.69, 9.17) is 9.47 Å². The lowest BCUT2D eigenvalue weighted by molar-refractivity contribution is -0.155. The van der Waals surface area contributed by atoms with E-state index in [1.807, 2.05) is 4.90 Å². The Morgan fingerprint density at radius 1 is 1.29 bits per heavy atom. The van der Waals surface area contributed by atoms with Crippen molar-refractivity contribution in [1.82, 2.24) is 4.90 Å². The number of rotatable bonds is 7. The number of methoxy groups -OCH3 is 1. The average Bonchev–Trinajstić information content (AvgIpc) is 2.70. The Hall–Kier alpha value is -1.96. The molecule has 2 N–H and O–H groups in total. The second kappa shape index (κ2) is 10.0. The molecule has 1 saturated carbocycles. The normalized spacial score (nSPS) is 22.1. The van der Waals surface area contributed by atoms with Gasteiger partial charge in [0.1, 0.15) is 19.3 Å². The van der Waals surface area contributed by atoms with Crippen LogP contribution in [0.3, 0.4) is 0 Å². The predicted molar refractivity (Wildman–Crippen MR) is 105 cm³/mol. The Labute approximate surface area is 166 Å². The molecule has 0 spiro atoms. The molecule has 1 aliphatic heterocycles. The van der Waals surface area contributed by atoms with Crippen molar-refractivity contribution in [3.05, 3.63) is 29.8 Å². The number of nitrogens with one attached hydrogen (secondary N) is 1. The van der Waals surface area contributed by atoms with Crippen molar-refractivity contribution < 1.29 is 24.2 Å². The van der Waals surface area contributed by atoms with Gasteiger partial charge in [-0.05, 0) is 36.5 Å². The van der Waals surface area contributed by atoms with Gasteiger partial charge in [0.2, 0.25) is 11.8 Å².